The van der Waals surface area contributed by atoms with Crippen LogP contribution in [0.4, 0.5) is 5.82 Å². The molecule has 35 heavy (non-hydrogen) atoms. The van der Waals surface area contributed by atoms with Gasteiger partial charge >= 0.3 is 0 Å². The molecule has 0 aromatic carbocycles. The van der Waals surface area contributed by atoms with Crippen LogP contribution in [0.3, 0.4) is 0 Å². The van der Waals surface area contributed by atoms with Crippen molar-refractivity contribution >= 4 is 51.7 Å². The van der Waals surface area contributed by atoms with Crippen molar-refractivity contribution in [2.24, 2.45) is 0 Å². The summed E-state index contributed by atoms with van der Waals surface area (Å²) in [6.45, 7) is 6.70. The molecule has 186 valence electrons. The fraction of sp³-hybridized carbons (Fsp3) is 0.500. The van der Waals surface area contributed by atoms with Crippen molar-refractivity contribution in [3.05, 3.63) is 44.7 Å². The van der Waals surface area contributed by atoms with Gasteiger partial charge in [0, 0.05) is 45.5 Å². The number of ether oxygens (including phenoxy) is 1. The first-order valence-electron chi connectivity index (χ1n) is 11.9. The lowest BCUT2D eigenvalue weighted by molar-refractivity contribution is -0.123. The minimum atomic E-state index is -0.212. The highest BCUT2D eigenvalue weighted by molar-refractivity contribution is 8.26. The summed E-state index contributed by atoms with van der Waals surface area (Å²) in [5.74, 6) is 0.384. The SMILES string of the molecule is Cc1ccc2nc(N3CCN(CCO)CC3)c(C=C3SC(=S)N(CC4CCCO4)C3=O)c(=O)n2c1. The summed E-state index contributed by atoms with van der Waals surface area (Å²) in [4.78, 5) is 38.1. The molecule has 0 bridgehead atoms. The number of thioether (sulfide) groups is 1. The summed E-state index contributed by atoms with van der Waals surface area (Å²) in [5.41, 5.74) is 1.69. The van der Waals surface area contributed by atoms with Crippen molar-refractivity contribution in [3.63, 3.8) is 0 Å². The normalized spacial score (nSPS) is 22.8. The summed E-state index contributed by atoms with van der Waals surface area (Å²) in [6, 6.07) is 3.77. The van der Waals surface area contributed by atoms with Crippen molar-refractivity contribution in [2.45, 2.75) is 25.9 Å². The van der Waals surface area contributed by atoms with E-state index < -0.39 is 0 Å². The van der Waals surface area contributed by atoms with E-state index in [0.717, 1.165) is 31.5 Å². The van der Waals surface area contributed by atoms with Crippen molar-refractivity contribution in [1.29, 1.82) is 0 Å². The molecule has 2 aromatic rings. The topological polar surface area (TPSA) is 90.6 Å². The van der Waals surface area contributed by atoms with Gasteiger partial charge in [0.15, 0.2) is 0 Å². The van der Waals surface area contributed by atoms with Gasteiger partial charge in [0.1, 0.15) is 15.8 Å². The zero-order valence-corrected chi connectivity index (χ0v) is 21.3. The number of β-amino-alcohol motifs (C(OH)–C–C–N with tert-alkyl or cyclic N) is 1. The molecule has 3 saturated heterocycles. The maximum Gasteiger partial charge on any atom is 0.267 e. The first kappa shape index (κ1) is 24.4. The fourth-order valence-corrected chi connectivity index (χ4v) is 5.98. The average molecular weight is 516 g/mol. The summed E-state index contributed by atoms with van der Waals surface area (Å²) in [7, 11) is 0. The maximum absolute atomic E-state index is 13.7. The first-order valence-corrected chi connectivity index (χ1v) is 13.1. The van der Waals surface area contributed by atoms with E-state index in [2.05, 4.69) is 9.80 Å². The summed E-state index contributed by atoms with van der Waals surface area (Å²) in [6.07, 6.45) is 5.33. The fourth-order valence-electron chi connectivity index (χ4n) is 4.72. The number of hydrogen-bond donors (Lipinski definition) is 1. The average Bonchev–Trinajstić information content (AvgIpc) is 3.46. The largest absolute Gasteiger partial charge is 0.395 e. The molecule has 5 rings (SSSR count). The second kappa shape index (κ2) is 10.4. The van der Waals surface area contributed by atoms with Gasteiger partial charge in [0.05, 0.1) is 29.7 Å². The van der Waals surface area contributed by atoms with Crippen molar-refractivity contribution in [3.8, 4) is 0 Å². The third kappa shape index (κ3) is 5.01. The molecule has 0 saturated carbocycles. The van der Waals surface area contributed by atoms with Gasteiger partial charge in [0.25, 0.3) is 11.5 Å². The molecule has 3 fully saturated rings. The number of hydrogen-bond acceptors (Lipinski definition) is 9. The number of fused-ring (bicyclic) bond motifs is 1. The van der Waals surface area contributed by atoms with Gasteiger partial charge in [-0.2, -0.15) is 0 Å². The highest BCUT2D eigenvalue weighted by Gasteiger charge is 2.35. The number of thiocarbonyl (C=S) groups is 1. The van der Waals surface area contributed by atoms with E-state index in [1.165, 1.54) is 11.8 Å². The predicted molar refractivity (Wildman–Crippen MR) is 141 cm³/mol. The summed E-state index contributed by atoms with van der Waals surface area (Å²) in [5, 5.41) is 9.26. The molecule has 11 heteroatoms. The van der Waals surface area contributed by atoms with E-state index >= 15 is 0 Å². The number of nitrogens with zero attached hydrogens (tertiary/aromatic N) is 5. The zero-order chi connectivity index (χ0) is 24.5. The Balaban J connectivity index is 1.52. The molecule has 5 heterocycles. The van der Waals surface area contributed by atoms with E-state index in [0.29, 0.717) is 59.0 Å². The van der Waals surface area contributed by atoms with E-state index in [1.54, 1.807) is 21.6 Å². The Morgan fingerprint density at radius 2 is 2.06 bits per heavy atom. The molecule has 2 aromatic heterocycles. The Labute approximate surface area is 213 Å². The molecule has 1 N–H and O–H groups in total. The molecule has 3 aliphatic rings. The van der Waals surface area contributed by atoms with Gasteiger partial charge in [-0.15, -0.1) is 0 Å². The summed E-state index contributed by atoms with van der Waals surface area (Å²) >= 11 is 6.73. The quantitative estimate of drug-likeness (QED) is 0.454. The molecule has 9 nitrogen and oxygen atoms in total. The highest BCUT2D eigenvalue weighted by Crippen LogP contribution is 2.34. The number of amides is 1. The lowest BCUT2D eigenvalue weighted by Gasteiger charge is -2.35. The smallest absolute Gasteiger partial charge is 0.267 e. The minimum Gasteiger partial charge on any atom is -0.395 e. The van der Waals surface area contributed by atoms with Gasteiger partial charge in [-0.25, -0.2) is 4.98 Å². The number of carbonyl (C=O) groups is 1. The van der Waals surface area contributed by atoms with Gasteiger partial charge < -0.3 is 14.7 Å². The van der Waals surface area contributed by atoms with Crippen LogP contribution < -0.4 is 10.5 Å². The number of aliphatic hydroxyl groups is 1. The number of piperazine rings is 1. The van der Waals surface area contributed by atoms with Crippen molar-refractivity contribution in [1.82, 2.24) is 19.2 Å². The molecule has 1 unspecified atom stereocenters. The van der Waals surface area contributed by atoms with Crippen LogP contribution in [0.25, 0.3) is 11.7 Å². The highest BCUT2D eigenvalue weighted by atomic mass is 32.2. The van der Waals surface area contributed by atoms with Crippen LogP contribution in [0.2, 0.25) is 0 Å². The number of aryl methyl sites for hydroxylation is 1. The van der Waals surface area contributed by atoms with E-state index in [4.69, 9.17) is 21.9 Å². The number of anilines is 1. The van der Waals surface area contributed by atoms with Crippen molar-refractivity contribution in [2.75, 3.05) is 57.4 Å². The van der Waals surface area contributed by atoms with Crippen molar-refractivity contribution < 1.29 is 14.6 Å². The molecule has 0 radical (unpaired) electrons. The summed E-state index contributed by atoms with van der Waals surface area (Å²) < 4.78 is 7.72. The van der Waals surface area contributed by atoms with Crippen LogP contribution in [-0.4, -0.2) is 93.1 Å². The van der Waals surface area contributed by atoms with E-state index in [9.17, 15) is 14.7 Å². The third-order valence-electron chi connectivity index (χ3n) is 6.63. The molecular weight excluding hydrogens is 486 g/mol. The molecule has 1 atom stereocenters. The first-order chi connectivity index (χ1) is 16.9. The number of rotatable bonds is 6. The Kier molecular flexibility index (Phi) is 7.21. The Bertz CT molecular complexity index is 1230. The minimum absolute atomic E-state index is 0.00133. The maximum atomic E-state index is 13.7. The Hall–Kier alpha value is -2.31. The van der Waals surface area contributed by atoms with Gasteiger partial charge in [-0.3, -0.25) is 23.8 Å². The molecule has 0 aliphatic carbocycles. The monoisotopic (exact) mass is 515 g/mol. The van der Waals surface area contributed by atoms with Crippen LogP contribution in [0, 0.1) is 6.92 Å². The second-order valence-electron chi connectivity index (χ2n) is 9.07. The lowest BCUT2D eigenvalue weighted by atomic mass is 10.2. The molecular formula is C24H29N5O4S2. The number of aromatic nitrogens is 2. The molecule has 0 spiro atoms. The van der Waals surface area contributed by atoms with Crippen LogP contribution in [0.15, 0.2) is 28.0 Å². The number of aliphatic hydroxyl groups excluding tert-OH is 1. The Morgan fingerprint density at radius 3 is 2.77 bits per heavy atom. The van der Waals surface area contributed by atoms with E-state index in [-0.39, 0.29) is 24.2 Å². The number of pyridine rings is 1. The van der Waals surface area contributed by atoms with Gasteiger partial charge in [0.2, 0.25) is 0 Å². The molecule has 3 aliphatic heterocycles. The van der Waals surface area contributed by atoms with Crippen LogP contribution in [0.1, 0.15) is 24.0 Å². The van der Waals surface area contributed by atoms with Gasteiger partial charge in [-0.1, -0.05) is 30.0 Å². The number of carbonyl (C=O) groups excluding carboxylic acids is 1. The zero-order valence-electron chi connectivity index (χ0n) is 19.7. The predicted octanol–water partition coefficient (Wildman–Crippen LogP) is 1.50. The van der Waals surface area contributed by atoms with E-state index in [1.807, 2.05) is 19.1 Å². The van der Waals surface area contributed by atoms with Gasteiger partial charge in [-0.05, 0) is 37.5 Å². The Morgan fingerprint density at radius 1 is 1.26 bits per heavy atom. The third-order valence-corrected chi connectivity index (χ3v) is 8.01. The van der Waals surface area contributed by atoms with Crippen LogP contribution >= 0.6 is 24.0 Å². The van der Waals surface area contributed by atoms with Crippen LogP contribution in [0.5, 0.6) is 0 Å². The van der Waals surface area contributed by atoms with Crippen LogP contribution in [-0.2, 0) is 9.53 Å². The second-order valence-corrected chi connectivity index (χ2v) is 10.7. The lowest BCUT2D eigenvalue weighted by Crippen LogP contribution is -2.48. The molecule has 1 amide bonds. The standard InChI is InChI=1S/C24H29N5O4S2/c1-16-4-5-20-25-21(27-8-6-26(7-9-27)10-11-30)18(22(31)28(20)14-16)13-19-23(32)29(24(34)35-19)15-17-3-2-12-33-17/h4-5,13-14,17,30H,2-3,6-12,15H2,1H3.